The van der Waals surface area contributed by atoms with Crippen LogP contribution in [0.15, 0.2) is 36.5 Å². The third-order valence-corrected chi connectivity index (χ3v) is 9.16. The number of likely N-dealkylation sites (tertiary alicyclic amines) is 1. The molecule has 2 aromatic carbocycles. The van der Waals surface area contributed by atoms with Crippen LogP contribution in [0.4, 0.5) is 4.39 Å². The van der Waals surface area contributed by atoms with Gasteiger partial charge in [0.1, 0.15) is 18.9 Å². The fourth-order valence-electron chi connectivity index (χ4n) is 6.80. The molecule has 246 valence electrons. The van der Waals surface area contributed by atoms with Gasteiger partial charge in [0.05, 0.1) is 35.9 Å². The Morgan fingerprint density at radius 2 is 1.79 bits per heavy atom. The Morgan fingerprint density at radius 1 is 1.04 bits per heavy atom. The summed E-state index contributed by atoms with van der Waals surface area (Å²) in [4.78, 5) is 62.3. The molecule has 1 saturated heterocycles. The summed E-state index contributed by atoms with van der Waals surface area (Å²) in [6.45, 7) is -0.0458. The smallest absolute Gasteiger partial charge is 0.322 e. The molecule has 2 aliphatic rings. The number of nitrogens with zero attached hydrogens (tertiary/aromatic N) is 6. The van der Waals surface area contributed by atoms with Crippen molar-refractivity contribution in [3.8, 4) is 11.1 Å². The molecule has 0 radical (unpaired) electrons. The second-order valence-corrected chi connectivity index (χ2v) is 12.6. The van der Waals surface area contributed by atoms with Gasteiger partial charge in [-0.2, -0.15) is 10.2 Å². The summed E-state index contributed by atoms with van der Waals surface area (Å²) in [5.41, 5.74) is 2.93. The van der Waals surface area contributed by atoms with Crippen molar-refractivity contribution in [3.05, 3.63) is 48.0 Å². The Labute approximate surface area is 267 Å². The van der Waals surface area contributed by atoms with Crippen molar-refractivity contribution < 1.29 is 38.6 Å². The van der Waals surface area contributed by atoms with E-state index >= 15 is 4.39 Å². The van der Waals surface area contributed by atoms with E-state index in [1.807, 2.05) is 12.1 Å². The van der Waals surface area contributed by atoms with Crippen molar-refractivity contribution >= 4 is 51.5 Å². The highest BCUT2D eigenvalue weighted by Gasteiger charge is 2.54. The average Bonchev–Trinajstić information content (AvgIpc) is 3.52. The lowest BCUT2D eigenvalue weighted by Gasteiger charge is -2.59. The van der Waals surface area contributed by atoms with Crippen molar-refractivity contribution in [3.63, 3.8) is 0 Å². The number of aliphatic carboxylic acids is 2. The van der Waals surface area contributed by atoms with E-state index in [1.54, 1.807) is 39.6 Å². The summed E-state index contributed by atoms with van der Waals surface area (Å²) in [6.07, 6.45) is 2.79. The van der Waals surface area contributed by atoms with Crippen molar-refractivity contribution in [1.82, 2.24) is 34.7 Å². The summed E-state index contributed by atoms with van der Waals surface area (Å²) < 4.78 is 18.9. The molecule has 0 unspecified atom stereocenters. The molecule has 4 aromatic rings. The van der Waals surface area contributed by atoms with E-state index < -0.39 is 36.1 Å². The Morgan fingerprint density at radius 3 is 2.49 bits per heavy atom. The van der Waals surface area contributed by atoms with Gasteiger partial charge in [-0.3, -0.25) is 33.3 Å². The van der Waals surface area contributed by atoms with Crippen LogP contribution in [0, 0.1) is 11.2 Å². The number of amides is 3. The number of carboxylic acids is 2. The maximum atomic E-state index is 15.7. The molecule has 15 heteroatoms. The number of carbonyl (C=O) groups is 5. The van der Waals surface area contributed by atoms with Crippen LogP contribution < -0.4 is 5.32 Å². The number of nitrogens with one attached hydrogen (secondary N) is 1. The Balaban J connectivity index is 1.30. The van der Waals surface area contributed by atoms with Crippen LogP contribution in [-0.4, -0.2) is 102 Å². The molecule has 2 aromatic heterocycles. The zero-order valence-electron chi connectivity index (χ0n) is 25.9. The third kappa shape index (κ3) is 6.12. The summed E-state index contributed by atoms with van der Waals surface area (Å²) in [5, 5.41) is 30.5. The van der Waals surface area contributed by atoms with Gasteiger partial charge in [-0.15, -0.1) is 0 Å². The number of likely N-dealkylation sites (N-methyl/N-ethyl adjacent to an activating group) is 1. The second kappa shape index (κ2) is 12.1. The largest absolute Gasteiger partial charge is 0.481 e. The number of halogens is 1. The number of aromatic nitrogens is 4. The molecule has 3 amide bonds. The predicted octanol–water partition coefficient (Wildman–Crippen LogP) is 1.96. The molecule has 6 rings (SSSR count). The van der Waals surface area contributed by atoms with Crippen LogP contribution in [0.1, 0.15) is 37.3 Å². The first-order valence-electron chi connectivity index (χ1n) is 15.2. The molecule has 1 aliphatic carbocycles. The number of hydrogen-bond donors (Lipinski definition) is 3. The normalized spacial score (nSPS) is 15.4. The molecule has 47 heavy (non-hydrogen) atoms. The Bertz CT molecular complexity index is 1940. The highest BCUT2D eigenvalue weighted by atomic mass is 19.1. The molecule has 1 spiro atoms. The van der Waals surface area contributed by atoms with Gasteiger partial charge in [-0.05, 0) is 36.6 Å². The lowest BCUT2D eigenvalue weighted by atomic mass is 9.56. The third-order valence-electron chi connectivity index (χ3n) is 9.16. The van der Waals surface area contributed by atoms with Crippen LogP contribution >= 0.6 is 0 Å². The van der Waals surface area contributed by atoms with Crippen LogP contribution in [0.5, 0.6) is 0 Å². The van der Waals surface area contributed by atoms with Crippen LogP contribution in [0.25, 0.3) is 32.9 Å². The number of hydrogen-bond acceptors (Lipinski definition) is 7. The fraction of sp³-hybridized carbons (Fsp3) is 0.406. The van der Waals surface area contributed by atoms with E-state index in [1.165, 1.54) is 18.0 Å². The first-order chi connectivity index (χ1) is 22.3. The monoisotopic (exact) mass is 647 g/mol. The number of aryl methyl sites for hydroxylation is 1. The standard InChI is InChI=1S/C32H34FN7O7/c1-37(14-25(41)34-13-29(46)47)27(43)15-40-23-5-3-4-20(21-9-24-18(8-22(21)33)12-35-38(24)2)30(23)31(36-40)19-10-32(11-19)16-39(17-32)26(42)6-7-28(44)45/h3-5,8-9,12,19H,6-7,10-11,13-17H2,1-2H3,(H,34,41)(H,44,45)(H,46,47). The zero-order valence-corrected chi connectivity index (χ0v) is 25.9. The van der Waals surface area contributed by atoms with E-state index in [4.69, 9.17) is 15.3 Å². The van der Waals surface area contributed by atoms with Crippen LogP contribution in [0.2, 0.25) is 0 Å². The molecule has 3 heterocycles. The van der Waals surface area contributed by atoms with Crippen molar-refractivity contribution in [2.75, 3.05) is 33.2 Å². The molecule has 1 aliphatic heterocycles. The molecule has 14 nitrogen and oxygen atoms in total. The van der Waals surface area contributed by atoms with E-state index in [2.05, 4.69) is 10.4 Å². The molecule has 3 N–H and O–H groups in total. The number of rotatable bonds is 11. The van der Waals surface area contributed by atoms with E-state index in [0.717, 1.165) is 18.4 Å². The van der Waals surface area contributed by atoms with Gasteiger partial charge in [0, 0.05) is 61.3 Å². The second-order valence-electron chi connectivity index (χ2n) is 12.6. The van der Waals surface area contributed by atoms with Crippen LogP contribution in [0.3, 0.4) is 0 Å². The van der Waals surface area contributed by atoms with Gasteiger partial charge in [0.2, 0.25) is 17.7 Å². The highest BCUT2D eigenvalue weighted by Crippen LogP contribution is 2.57. The summed E-state index contributed by atoms with van der Waals surface area (Å²) in [5.74, 6) is -3.91. The molecule has 2 fully saturated rings. The highest BCUT2D eigenvalue weighted by molar-refractivity contribution is 6.00. The molecular weight excluding hydrogens is 613 g/mol. The van der Waals surface area contributed by atoms with Gasteiger partial charge in [-0.25, -0.2) is 4.39 Å². The van der Waals surface area contributed by atoms with Gasteiger partial charge >= 0.3 is 11.9 Å². The topological polar surface area (TPSA) is 180 Å². The van der Waals surface area contributed by atoms with E-state index in [-0.39, 0.29) is 43.2 Å². The maximum Gasteiger partial charge on any atom is 0.322 e. The number of carboxylic acid groups (broad SMARTS) is 2. The fourth-order valence-corrected chi connectivity index (χ4v) is 6.80. The minimum atomic E-state index is -1.20. The van der Waals surface area contributed by atoms with Gasteiger partial charge < -0.3 is 25.3 Å². The predicted molar refractivity (Wildman–Crippen MR) is 166 cm³/mol. The average molecular weight is 648 g/mol. The van der Waals surface area contributed by atoms with Crippen molar-refractivity contribution in [2.45, 2.75) is 38.1 Å². The lowest BCUT2D eigenvalue weighted by Crippen LogP contribution is -2.63. The first-order valence-corrected chi connectivity index (χ1v) is 15.2. The minimum absolute atomic E-state index is 0.0331. The zero-order chi connectivity index (χ0) is 33.6. The van der Waals surface area contributed by atoms with Gasteiger partial charge in [0.25, 0.3) is 0 Å². The summed E-state index contributed by atoms with van der Waals surface area (Å²) in [6, 6.07) is 8.59. The lowest BCUT2D eigenvalue weighted by molar-refractivity contribution is -0.153. The van der Waals surface area contributed by atoms with Crippen molar-refractivity contribution in [2.24, 2.45) is 12.5 Å². The molecule has 1 saturated carbocycles. The minimum Gasteiger partial charge on any atom is -0.481 e. The quantitative estimate of drug-likeness (QED) is 0.219. The van der Waals surface area contributed by atoms with Crippen molar-refractivity contribution in [1.29, 1.82) is 0 Å². The molecule has 0 bridgehead atoms. The van der Waals surface area contributed by atoms with Gasteiger partial charge in [0.15, 0.2) is 0 Å². The molecule has 0 atom stereocenters. The molecular formula is C32H34FN7O7. The first kappa shape index (κ1) is 31.6. The Hall–Kier alpha value is -5.34. The maximum absolute atomic E-state index is 15.7. The summed E-state index contributed by atoms with van der Waals surface area (Å²) >= 11 is 0. The summed E-state index contributed by atoms with van der Waals surface area (Å²) in [7, 11) is 3.22. The van der Waals surface area contributed by atoms with Gasteiger partial charge in [-0.1, -0.05) is 12.1 Å². The van der Waals surface area contributed by atoms with E-state index in [0.29, 0.717) is 46.2 Å². The number of benzene rings is 2. The SMILES string of the molecule is CN(CC(=O)NCC(=O)O)C(=O)Cn1nc(C2CC3(C2)CN(C(=O)CCC(=O)O)C3)c2c(-c3cc4c(cnn4C)cc3F)cccc21. The Kier molecular flexibility index (Phi) is 8.15. The number of carbonyl (C=O) groups excluding carboxylic acids is 3. The van der Waals surface area contributed by atoms with Crippen LogP contribution in [-0.2, 0) is 37.6 Å². The number of fused-ring (bicyclic) bond motifs is 2. The van der Waals surface area contributed by atoms with E-state index in [9.17, 15) is 24.0 Å².